The average molecular weight is 430 g/mol. The molecule has 4 aromatic rings. The van der Waals surface area contributed by atoms with Crippen molar-refractivity contribution in [3.8, 4) is 34.3 Å². The Hall–Kier alpha value is -4.26. The third-order valence-corrected chi connectivity index (χ3v) is 5.62. The first-order valence-electron chi connectivity index (χ1n) is 9.93. The molecule has 2 heterocycles. The number of aromatic hydroxyl groups is 2. The number of methoxy groups -OCH3 is 1. The van der Waals surface area contributed by atoms with E-state index >= 15 is 0 Å². The van der Waals surface area contributed by atoms with Crippen molar-refractivity contribution in [2.75, 3.05) is 7.11 Å². The summed E-state index contributed by atoms with van der Waals surface area (Å²) in [5, 5.41) is 21.0. The number of fused-ring (bicyclic) bond motifs is 3. The topological polar surface area (TPSA) is 106 Å². The molecule has 1 atom stereocenters. The molecule has 32 heavy (non-hydrogen) atoms. The van der Waals surface area contributed by atoms with Crippen molar-refractivity contribution in [2.24, 2.45) is 0 Å². The van der Waals surface area contributed by atoms with E-state index in [2.05, 4.69) is 0 Å². The van der Waals surface area contributed by atoms with Gasteiger partial charge in [-0.2, -0.15) is 0 Å². The highest BCUT2D eigenvalue weighted by atomic mass is 16.5. The van der Waals surface area contributed by atoms with E-state index in [0.717, 1.165) is 5.56 Å². The van der Waals surface area contributed by atoms with E-state index in [1.54, 1.807) is 43.5 Å². The van der Waals surface area contributed by atoms with Crippen LogP contribution in [0.4, 0.5) is 0 Å². The molecule has 2 N–H and O–H groups in total. The predicted molar refractivity (Wildman–Crippen MR) is 116 cm³/mol. The molecule has 3 aromatic carbocycles. The summed E-state index contributed by atoms with van der Waals surface area (Å²) < 4.78 is 16.6. The van der Waals surface area contributed by atoms with Gasteiger partial charge in [0, 0.05) is 17.5 Å². The number of carbonyl (C=O) groups is 1. The van der Waals surface area contributed by atoms with Crippen LogP contribution in [-0.2, 0) is 4.79 Å². The summed E-state index contributed by atoms with van der Waals surface area (Å²) in [5.41, 5.74) is 1.28. The summed E-state index contributed by atoms with van der Waals surface area (Å²) in [7, 11) is 1.55. The van der Waals surface area contributed by atoms with Crippen molar-refractivity contribution in [1.29, 1.82) is 0 Å². The Morgan fingerprint density at radius 2 is 1.69 bits per heavy atom. The van der Waals surface area contributed by atoms with Gasteiger partial charge >= 0.3 is 5.97 Å². The lowest BCUT2D eigenvalue weighted by atomic mass is 9.84. The smallest absolute Gasteiger partial charge is 0.312 e. The van der Waals surface area contributed by atoms with E-state index in [-0.39, 0.29) is 23.1 Å². The molecule has 160 valence electrons. The van der Waals surface area contributed by atoms with Crippen LogP contribution < -0.4 is 14.9 Å². The molecule has 5 rings (SSSR count). The molecule has 7 nitrogen and oxygen atoms in total. The second kappa shape index (κ2) is 7.46. The molecular weight excluding hydrogens is 412 g/mol. The van der Waals surface area contributed by atoms with Crippen LogP contribution in [0.2, 0.25) is 0 Å². The molecule has 1 aliphatic rings. The van der Waals surface area contributed by atoms with Crippen LogP contribution in [0.1, 0.15) is 23.5 Å². The fourth-order valence-electron chi connectivity index (χ4n) is 4.07. The van der Waals surface area contributed by atoms with Gasteiger partial charge in [0.15, 0.2) is 16.9 Å². The highest BCUT2D eigenvalue weighted by Gasteiger charge is 2.36. The Kier molecular flexibility index (Phi) is 4.59. The molecule has 1 aromatic heterocycles. The lowest BCUT2D eigenvalue weighted by Gasteiger charge is -2.26. The minimum absolute atomic E-state index is 0.0298. The Labute approximate surface area is 182 Å². The van der Waals surface area contributed by atoms with E-state index in [1.807, 2.05) is 18.2 Å². The molecule has 0 unspecified atom stereocenters. The Morgan fingerprint density at radius 1 is 0.969 bits per heavy atom. The molecule has 0 saturated heterocycles. The molecule has 1 aliphatic heterocycles. The van der Waals surface area contributed by atoms with Gasteiger partial charge in [-0.15, -0.1) is 0 Å². The van der Waals surface area contributed by atoms with Crippen LogP contribution in [-0.4, -0.2) is 23.3 Å². The Morgan fingerprint density at radius 3 is 2.38 bits per heavy atom. The van der Waals surface area contributed by atoms with Crippen molar-refractivity contribution in [2.45, 2.75) is 12.3 Å². The highest BCUT2D eigenvalue weighted by molar-refractivity contribution is 5.96. The van der Waals surface area contributed by atoms with Crippen LogP contribution in [0.15, 0.2) is 69.9 Å². The first-order valence-corrected chi connectivity index (χ1v) is 9.93. The standard InChI is InChI=1S/C25H18O7/c1-30-15-9-7-13(8-10-15)16-11-19(27)32-25-20(16)24-21(22(28)23(25)29)17(26)12-18(31-24)14-5-3-2-4-6-14/h2-10,12,16,28-29H,11H2,1H3/t16-/m1/s1. The molecule has 0 amide bonds. The van der Waals surface area contributed by atoms with Gasteiger partial charge in [-0.3, -0.25) is 9.59 Å². The molecule has 0 aliphatic carbocycles. The largest absolute Gasteiger partial charge is 0.504 e. The maximum absolute atomic E-state index is 13.0. The zero-order chi connectivity index (χ0) is 22.4. The number of carbonyl (C=O) groups excluding carboxylic acids is 1. The molecule has 0 radical (unpaired) electrons. The van der Waals surface area contributed by atoms with Gasteiger partial charge in [-0.05, 0) is 17.7 Å². The van der Waals surface area contributed by atoms with Crippen molar-refractivity contribution in [3.05, 3.63) is 82.0 Å². The minimum Gasteiger partial charge on any atom is -0.504 e. The molecule has 0 fully saturated rings. The number of hydrogen-bond donors (Lipinski definition) is 2. The SMILES string of the molecule is COc1ccc([C@H]2CC(=O)Oc3c(O)c(O)c4c(=O)cc(-c5ccccc5)oc4c32)cc1. The van der Waals surface area contributed by atoms with Crippen molar-refractivity contribution in [3.63, 3.8) is 0 Å². The zero-order valence-corrected chi connectivity index (χ0v) is 17.0. The number of phenolic OH excluding ortho intramolecular Hbond substituents is 2. The lowest BCUT2D eigenvalue weighted by Crippen LogP contribution is -2.22. The third-order valence-electron chi connectivity index (χ3n) is 5.62. The van der Waals surface area contributed by atoms with Gasteiger partial charge in [-0.1, -0.05) is 42.5 Å². The molecule has 0 saturated carbocycles. The molecular formula is C25H18O7. The van der Waals surface area contributed by atoms with E-state index in [4.69, 9.17) is 13.9 Å². The lowest BCUT2D eigenvalue weighted by molar-refractivity contribution is -0.135. The van der Waals surface area contributed by atoms with Crippen molar-refractivity contribution in [1.82, 2.24) is 0 Å². The molecule has 7 heteroatoms. The summed E-state index contributed by atoms with van der Waals surface area (Å²) in [5.74, 6) is -1.77. The van der Waals surface area contributed by atoms with Crippen molar-refractivity contribution < 1.29 is 28.9 Å². The number of benzene rings is 3. The maximum Gasteiger partial charge on any atom is 0.312 e. The number of esters is 1. The van der Waals surface area contributed by atoms with E-state index < -0.39 is 28.8 Å². The van der Waals surface area contributed by atoms with Crippen LogP contribution in [0.3, 0.4) is 0 Å². The normalized spacial score (nSPS) is 15.3. The van der Waals surface area contributed by atoms with Gasteiger partial charge in [0.2, 0.25) is 5.75 Å². The summed E-state index contributed by atoms with van der Waals surface area (Å²) >= 11 is 0. The zero-order valence-electron chi connectivity index (χ0n) is 17.0. The maximum atomic E-state index is 13.0. The number of hydrogen-bond acceptors (Lipinski definition) is 7. The minimum atomic E-state index is -0.685. The van der Waals surface area contributed by atoms with Crippen LogP contribution in [0.25, 0.3) is 22.3 Å². The second-order valence-electron chi connectivity index (χ2n) is 7.49. The first-order chi connectivity index (χ1) is 15.5. The van der Waals surface area contributed by atoms with Gasteiger partial charge in [-0.25, -0.2) is 0 Å². The number of phenols is 2. The summed E-state index contributed by atoms with van der Waals surface area (Å²) in [4.78, 5) is 25.3. The van der Waals surface area contributed by atoms with Gasteiger partial charge < -0.3 is 24.1 Å². The average Bonchev–Trinajstić information content (AvgIpc) is 2.82. The summed E-state index contributed by atoms with van der Waals surface area (Å²) in [6, 6.07) is 17.4. The highest BCUT2D eigenvalue weighted by Crippen LogP contribution is 2.52. The van der Waals surface area contributed by atoms with Crippen LogP contribution in [0.5, 0.6) is 23.0 Å². The number of ether oxygens (including phenoxy) is 2. The molecule has 0 bridgehead atoms. The fraction of sp³-hybridized carbons (Fsp3) is 0.120. The predicted octanol–water partition coefficient (Wildman–Crippen LogP) is 4.32. The second-order valence-corrected chi connectivity index (χ2v) is 7.49. The molecule has 0 spiro atoms. The number of rotatable bonds is 3. The monoisotopic (exact) mass is 430 g/mol. The van der Waals surface area contributed by atoms with Gasteiger partial charge in [0.1, 0.15) is 22.5 Å². The quantitative estimate of drug-likeness (QED) is 0.283. The van der Waals surface area contributed by atoms with Crippen LogP contribution >= 0.6 is 0 Å². The summed E-state index contributed by atoms with van der Waals surface area (Å²) in [6.45, 7) is 0. The Bertz CT molecular complexity index is 1400. The van der Waals surface area contributed by atoms with E-state index in [0.29, 0.717) is 22.6 Å². The Balaban J connectivity index is 1.84. The van der Waals surface area contributed by atoms with Crippen molar-refractivity contribution >= 4 is 16.9 Å². The van der Waals surface area contributed by atoms with Gasteiger partial charge in [0.25, 0.3) is 0 Å². The summed E-state index contributed by atoms with van der Waals surface area (Å²) in [6.07, 6.45) is -0.0298. The third kappa shape index (κ3) is 3.06. The van der Waals surface area contributed by atoms with E-state index in [9.17, 15) is 19.8 Å². The van der Waals surface area contributed by atoms with E-state index in [1.165, 1.54) is 6.07 Å². The first kappa shape index (κ1) is 19.7. The van der Waals surface area contributed by atoms with Crippen LogP contribution in [0, 0.1) is 0 Å². The van der Waals surface area contributed by atoms with Gasteiger partial charge in [0.05, 0.1) is 19.1 Å². The fourth-order valence-corrected chi connectivity index (χ4v) is 4.07.